The van der Waals surface area contributed by atoms with Gasteiger partial charge in [0.05, 0.1) is 47.6 Å². The number of anilines is 4. The normalized spacial score (nSPS) is 21.1. The first kappa shape index (κ1) is 54.4. The molecule has 414 valence electrons. The number of hydrogen-bond acceptors (Lipinski definition) is 16. The quantitative estimate of drug-likeness (QED) is 0.0494. The monoisotopic (exact) mass is 1090 g/mol. The fourth-order valence-electron chi connectivity index (χ4n) is 12.3. The molecule has 0 unspecified atom stereocenters. The van der Waals surface area contributed by atoms with E-state index in [2.05, 4.69) is 88.9 Å². The van der Waals surface area contributed by atoms with Crippen LogP contribution in [0.5, 0.6) is 11.8 Å². The topological polar surface area (TPSA) is 225 Å². The van der Waals surface area contributed by atoms with Gasteiger partial charge in [0.1, 0.15) is 22.0 Å². The van der Waals surface area contributed by atoms with Crippen LogP contribution in [-0.4, -0.2) is 126 Å². The van der Waals surface area contributed by atoms with Gasteiger partial charge in [-0.15, -0.1) is 0 Å². The number of halogens is 1. The molecule has 4 fully saturated rings. The number of H-pyrrole nitrogens is 1. The molecule has 2 saturated heterocycles. The number of rotatable bonds is 17. The van der Waals surface area contributed by atoms with Crippen LogP contribution in [0.3, 0.4) is 0 Å². The second-order valence-electron chi connectivity index (χ2n) is 22.4. The molecule has 2 saturated carbocycles. The van der Waals surface area contributed by atoms with Crippen LogP contribution < -0.4 is 29.3 Å². The Bertz CT molecular complexity index is 3290. The van der Waals surface area contributed by atoms with E-state index in [1.165, 1.54) is 30.0 Å². The maximum atomic E-state index is 15.1. The van der Waals surface area contributed by atoms with Gasteiger partial charge in [-0.05, 0) is 123 Å². The molecule has 2 aliphatic carbocycles. The van der Waals surface area contributed by atoms with Crippen molar-refractivity contribution in [2.45, 2.75) is 107 Å². The van der Waals surface area contributed by atoms with Gasteiger partial charge in [-0.3, -0.25) is 24.7 Å². The highest BCUT2D eigenvalue weighted by atomic mass is 32.2. The molecular formula is C57H70FN11O8S. The number of aromatic nitrogens is 4. The molecule has 1 atom stereocenters. The number of carbonyl (C=O) groups is 1. The average molecular weight is 1090 g/mol. The number of nitrogens with zero attached hydrogens (tertiary/aromatic N) is 8. The number of aliphatic hydroxyl groups is 1. The molecule has 0 bridgehead atoms. The summed E-state index contributed by atoms with van der Waals surface area (Å²) < 4.78 is 56.3. The molecule has 1 spiro atoms. The fourth-order valence-corrected chi connectivity index (χ4v) is 13.3. The predicted octanol–water partition coefficient (Wildman–Crippen LogP) is 9.09. The number of methoxy groups -OCH3 is 2. The van der Waals surface area contributed by atoms with Crippen molar-refractivity contribution in [1.82, 2.24) is 34.5 Å². The number of hydrogen-bond donors (Lipinski definition) is 4. The van der Waals surface area contributed by atoms with Gasteiger partial charge in [-0.25, -0.2) is 27.5 Å². The first-order chi connectivity index (χ1) is 37.3. The number of benzene rings is 2. The number of piperazine rings is 1. The molecule has 4 aliphatic rings. The number of nitro groups is 1. The molecule has 2 aromatic carbocycles. The number of amides is 1. The minimum Gasteiger partial charge on any atom is -0.481 e. The lowest BCUT2D eigenvalue weighted by Crippen LogP contribution is -2.60. The van der Waals surface area contributed by atoms with Gasteiger partial charge >= 0.3 is 5.69 Å². The number of aromatic amines is 1. The van der Waals surface area contributed by atoms with Crippen molar-refractivity contribution in [3.05, 3.63) is 124 Å². The zero-order valence-corrected chi connectivity index (χ0v) is 46.0. The van der Waals surface area contributed by atoms with Crippen LogP contribution in [0.4, 0.5) is 33.0 Å². The molecule has 4 aromatic heterocycles. The van der Waals surface area contributed by atoms with Crippen molar-refractivity contribution in [1.29, 1.82) is 0 Å². The number of pyridine rings is 3. The Kier molecular flexibility index (Phi) is 15.4. The van der Waals surface area contributed by atoms with Crippen LogP contribution in [0.2, 0.25) is 0 Å². The summed E-state index contributed by atoms with van der Waals surface area (Å²) in [5.74, 6) is -0.387. The van der Waals surface area contributed by atoms with Crippen molar-refractivity contribution in [2.75, 3.05) is 75.7 Å². The predicted molar refractivity (Wildman–Crippen MR) is 297 cm³/mol. The summed E-state index contributed by atoms with van der Waals surface area (Å²) in [6, 6.07) is 21.3. The summed E-state index contributed by atoms with van der Waals surface area (Å²) >= 11 is 0. The number of sulfonamides is 1. The SMILES string of the molecule is COc1cc(CN2CCN(C3CC4(CCN(c5ccc(C(=O)NS(=O)(=O)c6cnc(NCC7CCC(C)(O)CC7)c([N+](=O)[O-])c6)c(N(C)c6cc7c(F)c[nH]c7nc6OC)c5)CC4)C3)[C@H](c3ccccc3C(C)C)C2)ccn1. The highest BCUT2D eigenvalue weighted by molar-refractivity contribution is 7.90. The lowest BCUT2D eigenvalue weighted by Gasteiger charge is -2.58. The fraction of sp³-hybridized carbons (Fsp3) is 0.474. The zero-order chi connectivity index (χ0) is 55.1. The number of piperidine rings is 1. The van der Waals surface area contributed by atoms with Gasteiger partial charge in [-0.1, -0.05) is 38.1 Å². The van der Waals surface area contributed by atoms with Crippen molar-refractivity contribution < 1.29 is 37.1 Å². The van der Waals surface area contributed by atoms with Crippen LogP contribution >= 0.6 is 0 Å². The number of nitrogens with one attached hydrogen (secondary N) is 3. The Morgan fingerprint density at radius 2 is 1.74 bits per heavy atom. The van der Waals surface area contributed by atoms with E-state index in [1.54, 1.807) is 44.2 Å². The number of carbonyl (C=O) groups excluding carboxylic acids is 1. The van der Waals surface area contributed by atoms with E-state index >= 15 is 4.39 Å². The van der Waals surface area contributed by atoms with E-state index in [0.29, 0.717) is 55.8 Å². The lowest BCUT2D eigenvalue weighted by atomic mass is 9.59. The first-order valence-corrected chi connectivity index (χ1v) is 28.4. The van der Waals surface area contributed by atoms with E-state index in [9.17, 15) is 28.4 Å². The third-order valence-electron chi connectivity index (χ3n) is 16.9. The van der Waals surface area contributed by atoms with E-state index < -0.39 is 42.9 Å². The van der Waals surface area contributed by atoms with Crippen LogP contribution in [0.1, 0.15) is 111 Å². The third kappa shape index (κ3) is 11.3. The minimum absolute atomic E-state index is 0.0433. The second kappa shape index (κ2) is 22.1. The Morgan fingerprint density at radius 1 is 0.987 bits per heavy atom. The second-order valence-corrected chi connectivity index (χ2v) is 24.1. The summed E-state index contributed by atoms with van der Waals surface area (Å²) in [4.78, 5) is 50.4. The standard InChI is InChI=1S/C57H70FN11O8S/c1-36(2)42-9-7-8-10-43(42)50-35-66(34-38-15-20-59-51(25-38)76-5)23-24-68(50)40-29-57(30-40)18-21-67(22-19-57)39-11-12-44(47(26-39)65(4)49-28-45-46(58)33-62-52(45)63-55(49)77-6)54(70)64-78(74,75)41-27-48(69(72)73)53(61-32-41)60-31-37-13-16-56(3,71)17-14-37/h7-12,15,20,25-28,32-33,36-37,40,50,71H,13-14,16-19,21-24,29-31,34-35H2,1-6H3,(H,60,61)(H,62,63)(H,64,70)/t37?,50-,56?/m0/s1. The Labute approximate surface area is 454 Å². The minimum atomic E-state index is -4.73. The summed E-state index contributed by atoms with van der Waals surface area (Å²) in [6.45, 7) is 11.8. The first-order valence-electron chi connectivity index (χ1n) is 26.9. The summed E-state index contributed by atoms with van der Waals surface area (Å²) in [5.41, 5.74) is 4.42. The average Bonchev–Trinajstić information content (AvgIpc) is 3.95. The molecule has 2 aliphatic heterocycles. The van der Waals surface area contributed by atoms with E-state index in [1.807, 2.05) is 18.3 Å². The molecule has 4 N–H and O–H groups in total. The van der Waals surface area contributed by atoms with E-state index in [0.717, 1.165) is 82.9 Å². The van der Waals surface area contributed by atoms with Crippen LogP contribution in [0, 0.1) is 27.3 Å². The smallest absolute Gasteiger partial charge is 0.312 e. The summed E-state index contributed by atoms with van der Waals surface area (Å²) in [7, 11) is 0.0132. The molecule has 19 nitrogen and oxygen atoms in total. The maximum absolute atomic E-state index is 15.1. The van der Waals surface area contributed by atoms with Gasteiger partial charge < -0.3 is 34.7 Å². The third-order valence-corrected chi connectivity index (χ3v) is 18.2. The zero-order valence-electron chi connectivity index (χ0n) is 45.2. The Morgan fingerprint density at radius 3 is 2.46 bits per heavy atom. The molecule has 0 radical (unpaired) electrons. The highest BCUT2D eigenvalue weighted by Gasteiger charge is 2.50. The van der Waals surface area contributed by atoms with Crippen molar-refractivity contribution in [2.24, 2.45) is 11.3 Å². The molecule has 78 heavy (non-hydrogen) atoms. The lowest BCUT2D eigenvalue weighted by molar-refractivity contribution is -0.384. The Hall–Kier alpha value is -6.94. The molecule has 6 aromatic rings. The van der Waals surface area contributed by atoms with E-state index in [-0.39, 0.29) is 51.4 Å². The van der Waals surface area contributed by atoms with Gasteiger partial charge in [0.2, 0.25) is 17.6 Å². The van der Waals surface area contributed by atoms with Gasteiger partial charge in [-0.2, -0.15) is 4.98 Å². The molecule has 6 heterocycles. The van der Waals surface area contributed by atoms with Gasteiger partial charge in [0, 0.05) is 95.2 Å². The number of fused-ring (bicyclic) bond motifs is 1. The molecule has 10 rings (SSSR count). The van der Waals surface area contributed by atoms with Crippen molar-refractivity contribution in [3.63, 3.8) is 0 Å². The van der Waals surface area contributed by atoms with Crippen molar-refractivity contribution >= 4 is 55.5 Å². The largest absolute Gasteiger partial charge is 0.481 e. The highest BCUT2D eigenvalue weighted by Crippen LogP contribution is 2.54. The molecule has 21 heteroatoms. The van der Waals surface area contributed by atoms with Gasteiger partial charge in [0.15, 0.2) is 0 Å². The van der Waals surface area contributed by atoms with Crippen LogP contribution in [0.15, 0.2) is 90.2 Å². The summed E-state index contributed by atoms with van der Waals surface area (Å²) in [6.07, 6.45) is 10.7. The maximum Gasteiger partial charge on any atom is 0.312 e. The Balaban J connectivity index is 0.871. The summed E-state index contributed by atoms with van der Waals surface area (Å²) in [5, 5.41) is 25.8. The van der Waals surface area contributed by atoms with Crippen molar-refractivity contribution in [3.8, 4) is 11.8 Å². The molecular weight excluding hydrogens is 1020 g/mol. The molecule has 1 amide bonds. The van der Waals surface area contributed by atoms with Crippen LogP contribution in [-0.2, 0) is 16.6 Å². The van der Waals surface area contributed by atoms with E-state index in [4.69, 9.17) is 9.47 Å². The van der Waals surface area contributed by atoms with Gasteiger partial charge in [0.25, 0.3) is 15.9 Å². The number of ether oxygens (including phenoxy) is 2. The van der Waals surface area contributed by atoms with Crippen LogP contribution in [0.25, 0.3) is 11.0 Å².